The van der Waals surface area contributed by atoms with E-state index in [2.05, 4.69) is 10.3 Å². The first-order valence-corrected chi connectivity index (χ1v) is 7.19. The van der Waals surface area contributed by atoms with Gasteiger partial charge in [0.2, 0.25) is 10.0 Å². The first kappa shape index (κ1) is 14.1. The van der Waals surface area contributed by atoms with Crippen molar-refractivity contribution < 1.29 is 8.42 Å². The zero-order valence-corrected chi connectivity index (χ0v) is 11.4. The van der Waals surface area contributed by atoms with Crippen molar-refractivity contribution in [3.05, 3.63) is 18.2 Å². The molecule has 1 aromatic rings. The highest BCUT2D eigenvalue weighted by atomic mass is 32.2. The van der Waals surface area contributed by atoms with E-state index < -0.39 is 10.0 Å². The van der Waals surface area contributed by atoms with Gasteiger partial charge in [-0.1, -0.05) is 6.92 Å². The summed E-state index contributed by atoms with van der Waals surface area (Å²) in [6, 6.07) is 0. The Labute approximate surface area is 103 Å². The lowest BCUT2D eigenvalue weighted by Crippen LogP contribution is -2.33. The molecule has 0 aliphatic heterocycles. The van der Waals surface area contributed by atoms with Crippen LogP contribution in [0.3, 0.4) is 0 Å². The molecular formula is C10H20N4O2S. The van der Waals surface area contributed by atoms with Gasteiger partial charge in [-0.25, -0.2) is 13.4 Å². The third-order valence-electron chi connectivity index (χ3n) is 2.55. The number of rotatable bonds is 7. The number of nitrogens with zero attached hydrogens (tertiary/aromatic N) is 3. The molecule has 0 radical (unpaired) electrons. The maximum atomic E-state index is 11.9. The maximum Gasteiger partial charge on any atom is 0.215 e. The number of hydrogen-bond acceptors (Lipinski definition) is 4. The Kier molecular flexibility index (Phi) is 5.10. The summed E-state index contributed by atoms with van der Waals surface area (Å²) in [5.41, 5.74) is 0. The molecule has 0 aliphatic rings. The fourth-order valence-electron chi connectivity index (χ4n) is 1.38. The minimum absolute atomic E-state index is 0.113. The molecule has 0 unspecified atom stereocenters. The Bertz CT molecular complexity index is 441. The van der Waals surface area contributed by atoms with E-state index in [1.165, 1.54) is 4.31 Å². The number of sulfonamides is 1. The Morgan fingerprint density at radius 1 is 1.53 bits per heavy atom. The lowest BCUT2D eigenvalue weighted by Gasteiger charge is -2.16. The van der Waals surface area contributed by atoms with E-state index >= 15 is 0 Å². The van der Waals surface area contributed by atoms with Crippen molar-refractivity contribution in [3.63, 3.8) is 0 Å². The summed E-state index contributed by atoms with van der Waals surface area (Å²) >= 11 is 0. The maximum absolute atomic E-state index is 11.9. The van der Waals surface area contributed by atoms with Crippen molar-refractivity contribution >= 4 is 10.0 Å². The topological polar surface area (TPSA) is 67.2 Å². The molecule has 1 rings (SSSR count). The van der Waals surface area contributed by atoms with Gasteiger partial charge in [-0.2, -0.15) is 4.31 Å². The van der Waals surface area contributed by atoms with Gasteiger partial charge in [-0.15, -0.1) is 0 Å². The highest BCUT2D eigenvalue weighted by Gasteiger charge is 2.18. The Morgan fingerprint density at radius 3 is 2.76 bits per heavy atom. The molecule has 6 nitrogen and oxygen atoms in total. The quantitative estimate of drug-likeness (QED) is 0.689. The molecule has 0 bridgehead atoms. The molecule has 1 aromatic heterocycles. The lowest BCUT2D eigenvalue weighted by atomic mass is 10.6. The minimum Gasteiger partial charge on any atom is -0.337 e. The van der Waals surface area contributed by atoms with Crippen LogP contribution in [-0.2, 0) is 23.6 Å². The van der Waals surface area contributed by atoms with Crippen LogP contribution in [0, 0.1) is 0 Å². The SMILES string of the molecule is CCNCCS(=O)(=O)N(C)Cc1nccn1C. The van der Waals surface area contributed by atoms with E-state index in [0.29, 0.717) is 13.1 Å². The van der Waals surface area contributed by atoms with Crippen molar-refractivity contribution in [3.8, 4) is 0 Å². The zero-order valence-electron chi connectivity index (χ0n) is 10.5. The standard InChI is InChI=1S/C10H20N4O2S/c1-4-11-6-8-17(15,16)14(3)9-10-12-5-7-13(10)2/h5,7,11H,4,6,8-9H2,1-3H3. The molecule has 0 aliphatic carbocycles. The summed E-state index contributed by atoms with van der Waals surface area (Å²) in [5.74, 6) is 0.849. The number of imidazole rings is 1. The van der Waals surface area contributed by atoms with Crippen LogP contribution < -0.4 is 5.32 Å². The normalized spacial score (nSPS) is 12.2. The van der Waals surface area contributed by atoms with E-state index in [1.807, 2.05) is 18.5 Å². The van der Waals surface area contributed by atoms with E-state index in [9.17, 15) is 8.42 Å². The lowest BCUT2D eigenvalue weighted by molar-refractivity contribution is 0.450. The van der Waals surface area contributed by atoms with Gasteiger partial charge in [-0.05, 0) is 6.54 Å². The largest absolute Gasteiger partial charge is 0.337 e. The van der Waals surface area contributed by atoms with E-state index in [4.69, 9.17) is 0 Å². The van der Waals surface area contributed by atoms with Crippen LogP contribution in [0.1, 0.15) is 12.7 Å². The van der Waals surface area contributed by atoms with Crippen LogP contribution in [0.15, 0.2) is 12.4 Å². The molecule has 0 fully saturated rings. The summed E-state index contributed by atoms with van der Waals surface area (Å²) in [4.78, 5) is 4.11. The molecule has 1 heterocycles. The zero-order chi connectivity index (χ0) is 12.9. The monoisotopic (exact) mass is 260 g/mol. The molecule has 98 valence electrons. The van der Waals surface area contributed by atoms with Gasteiger partial charge >= 0.3 is 0 Å². The summed E-state index contributed by atoms with van der Waals surface area (Å²) in [6.07, 6.45) is 3.46. The second-order valence-electron chi connectivity index (χ2n) is 3.88. The van der Waals surface area contributed by atoms with E-state index in [0.717, 1.165) is 12.4 Å². The molecule has 17 heavy (non-hydrogen) atoms. The predicted molar refractivity (Wildman–Crippen MR) is 67.0 cm³/mol. The van der Waals surface area contributed by atoms with Crippen LogP contribution in [0.2, 0.25) is 0 Å². The van der Waals surface area contributed by atoms with Crippen molar-refractivity contribution in [2.45, 2.75) is 13.5 Å². The van der Waals surface area contributed by atoms with E-state index in [-0.39, 0.29) is 5.75 Å². The Morgan fingerprint density at radius 2 is 2.24 bits per heavy atom. The second-order valence-corrected chi connectivity index (χ2v) is 6.08. The highest BCUT2D eigenvalue weighted by molar-refractivity contribution is 7.89. The first-order chi connectivity index (χ1) is 7.97. The van der Waals surface area contributed by atoms with Gasteiger partial charge in [0.1, 0.15) is 5.82 Å². The number of nitrogens with one attached hydrogen (secondary N) is 1. The summed E-state index contributed by atoms with van der Waals surface area (Å²) < 4.78 is 26.9. The molecular weight excluding hydrogens is 240 g/mol. The third kappa shape index (κ3) is 4.10. The van der Waals surface area contributed by atoms with Gasteiger partial charge in [0.05, 0.1) is 12.3 Å². The highest BCUT2D eigenvalue weighted by Crippen LogP contribution is 2.04. The van der Waals surface area contributed by atoms with Crippen molar-refractivity contribution in [1.29, 1.82) is 0 Å². The van der Waals surface area contributed by atoms with Crippen molar-refractivity contribution in [2.24, 2.45) is 7.05 Å². The van der Waals surface area contributed by atoms with Crippen LogP contribution in [0.5, 0.6) is 0 Å². The molecule has 0 aromatic carbocycles. The van der Waals surface area contributed by atoms with Crippen LogP contribution in [0.25, 0.3) is 0 Å². The Balaban J connectivity index is 2.57. The molecule has 1 N–H and O–H groups in total. The van der Waals surface area contributed by atoms with Gasteiger partial charge < -0.3 is 9.88 Å². The molecule has 0 atom stereocenters. The molecule has 0 saturated heterocycles. The molecule has 7 heteroatoms. The summed E-state index contributed by atoms with van der Waals surface area (Å²) in [5, 5.41) is 3.00. The van der Waals surface area contributed by atoms with Crippen molar-refractivity contribution in [1.82, 2.24) is 19.2 Å². The van der Waals surface area contributed by atoms with Crippen molar-refractivity contribution in [2.75, 3.05) is 25.9 Å². The van der Waals surface area contributed by atoms with E-state index in [1.54, 1.807) is 19.4 Å². The average Bonchev–Trinajstić information content (AvgIpc) is 2.64. The molecule has 0 amide bonds. The van der Waals surface area contributed by atoms with Gasteiger partial charge in [0.25, 0.3) is 0 Å². The van der Waals surface area contributed by atoms with Gasteiger partial charge in [-0.3, -0.25) is 0 Å². The fraction of sp³-hybridized carbons (Fsp3) is 0.700. The van der Waals surface area contributed by atoms with Crippen LogP contribution in [-0.4, -0.2) is 48.2 Å². The minimum atomic E-state index is -3.21. The molecule has 0 saturated carbocycles. The van der Waals surface area contributed by atoms with Crippen LogP contribution >= 0.6 is 0 Å². The van der Waals surface area contributed by atoms with Crippen LogP contribution in [0.4, 0.5) is 0 Å². The number of aromatic nitrogens is 2. The molecule has 0 spiro atoms. The first-order valence-electron chi connectivity index (χ1n) is 5.58. The fourth-order valence-corrected chi connectivity index (χ4v) is 2.41. The average molecular weight is 260 g/mol. The summed E-state index contributed by atoms with van der Waals surface area (Å²) in [7, 11) is 0.220. The third-order valence-corrected chi connectivity index (χ3v) is 4.35. The van der Waals surface area contributed by atoms with Gasteiger partial charge in [0, 0.05) is 33.0 Å². The van der Waals surface area contributed by atoms with Gasteiger partial charge in [0.15, 0.2) is 0 Å². The number of hydrogen-bond donors (Lipinski definition) is 1. The second kappa shape index (κ2) is 6.13. The predicted octanol–water partition coefficient (Wildman–Crippen LogP) is -0.209. The smallest absolute Gasteiger partial charge is 0.215 e. The summed E-state index contributed by atoms with van der Waals surface area (Å²) in [6.45, 7) is 3.50. The number of aryl methyl sites for hydroxylation is 1. The Hall–Kier alpha value is -0.920.